The van der Waals surface area contributed by atoms with Crippen LogP contribution < -0.4 is 0 Å². The van der Waals surface area contributed by atoms with Crippen molar-refractivity contribution in [3.63, 3.8) is 0 Å². The molecule has 1 unspecified atom stereocenters. The molecule has 0 aliphatic heterocycles. The van der Waals surface area contributed by atoms with E-state index in [1.807, 2.05) is 0 Å². The Balaban J connectivity index is 4.35. The molecule has 0 aromatic carbocycles. The van der Waals surface area contributed by atoms with Crippen molar-refractivity contribution in [2.75, 3.05) is 13.2 Å². The third-order valence-electron chi connectivity index (χ3n) is 11.0. The van der Waals surface area contributed by atoms with Gasteiger partial charge in [-0.2, -0.15) is 0 Å². The number of ether oxygens (including phenoxy) is 3. The van der Waals surface area contributed by atoms with Gasteiger partial charge in [-0.1, -0.05) is 219 Å². The zero-order valence-corrected chi connectivity index (χ0v) is 43.1. The lowest BCUT2D eigenvalue weighted by atomic mass is 10.1. The van der Waals surface area contributed by atoms with Gasteiger partial charge >= 0.3 is 17.9 Å². The van der Waals surface area contributed by atoms with Crippen LogP contribution in [0.25, 0.3) is 0 Å². The van der Waals surface area contributed by atoms with E-state index in [0.717, 1.165) is 128 Å². The maximum Gasteiger partial charge on any atom is 0.306 e. The highest BCUT2D eigenvalue weighted by Gasteiger charge is 2.19. The summed E-state index contributed by atoms with van der Waals surface area (Å²) in [6.45, 7) is 6.31. The van der Waals surface area contributed by atoms with Gasteiger partial charge in [0.1, 0.15) is 13.2 Å². The van der Waals surface area contributed by atoms with Crippen molar-refractivity contribution in [2.45, 2.75) is 232 Å². The molecule has 6 heteroatoms. The molecule has 0 amide bonds. The monoisotopic (exact) mass is 927 g/mol. The van der Waals surface area contributed by atoms with Gasteiger partial charge in [0.15, 0.2) is 6.10 Å². The predicted octanol–water partition coefficient (Wildman–Crippen LogP) is 18.1. The molecule has 0 aromatic heterocycles. The third kappa shape index (κ3) is 52.6. The Hall–Kier alpha value is -4.19. The molecule has 0 fully saturated rings. The Morgan fingerprint density at radius 3 is 0.940 bits per heavy atom. The molecule has 67 heavy (non-hydrogen) atoms. The normalized spacial score (nSPS) is 13.1. The number of unbranched alkanes of at least 4 members (excludes halogenated alkanes) is 16. The third-order valence-corrected chi connectivity index (χ3v) is 11.0. The van der Waals surface area contributed by atoms with Crippen LogP contribution in [0.3, 0.4) is 0 Å². The van der Waals surface area contributed by atoms with E-state index < -0.39 is 6.10 Å². The lowest BCUT2D eigenvalue weighted by molar-refractivity contribution is -0.167. The fraction of sp³-hybridized carbons (Fsp3) is 0.623. The van der Waals surface area contributed by atoms with E-state index in [1.54, 1.807) is 0 Å². The van der Waals surface area contributed by atoms with Crippen LogP contribution in [-0.2, 0) is 28.6 Å². The van der Waals surface area contributed by atoms with Gasteiger partial charge in [-0.05, 0) is 109 Å². The highest BCUT2D eigenvalue weighted by molar-refractivity contribution is 5.71. The second-order valence-corrected chi connectivity index (χ2v) is 17.4. The van der Waals surface area contributed by atoms with Crippen molar-refractivity contribution in [3.05, 3.63) is 122 Å². The standard InChI is InChI=1S/C61H98O6/c1-4-7-10-13-16-18-20-22-24-26-28-30-32-34-36-38-40-42-45-48-51-54-60(63)66-57-58(56-65-59(62)53-50-47-44-15-12-9-6-3)67-61(64)55-52-49-46-43-41-39-37-35-33-31-29-27-25-23-21-19-17-14-11-8-5-2/h7-8,10-11,16-19,22-25,28-31,34,36,40,42,58H,4-6,9,12-15,20-21,26-27,32-33,35,37-39,41,43-57H2,1-3H3/b10-7-,11-8-,18-16-,19-17-,24-22-,25-23-,30-28-,31-29-,36-34-,42-40-. The fourth-order valence-corrected chi connectivity index (χ4v) is 6.96. The van der Waals surface area contributed by atoms with Gasteiger partial charge in [0.25, 0.3) is 0 Å². The highest BCUT2D eigenvalue weighted by atomic mass is 16.6. The van der Waals surface area contributed by atoms with Crippen LogP contribution in [0.2, 0.25) is 0 Å². The van der Waals surface area contributed by atoms with Gasteiger partial charge in [0.05, 0.1) is 0 Å². The summed E-state index contributed by atoms with van der Waals surface area (Å²) in [5.74, 6) is -0.964. The summed E-state index contributed by atoms with van der Waals surface area (Å²) in [6.07, 6.45) is 74.9. The summed E-state index contributed by atoms with van der Waals surface area (Å²) in [6, 6.07) is 0. The molecule has 0 heterocycles. The lowest BCUT2D eigenvalue weighted by Crippen LogP contribution is -2.30. The Kier molecular flexibility index (Phi) is 51.0. The Morgan fingerprint density at radius 1 is 0.313 bits per heavy atom. The van der Waals surface area contributed by atoms with Crippen LogP contribution >= 0.6 is 0 Å². The SMILES string of the molecule is CC/C=C\C/C=C\C/C=C\C/C=C\C/C=C\C/C=C\CCCCC(=O)OCC(COC(=O)CCCCCCCCC)OC(=O)CCCCCCCCCC/C=C\C/C=C\C/C=C\C/C=C\CC. The number of carbonyl (C=O) groups excluding carboxylic acids is 3. The zero-order valence-electron chi connectivity index (χ0n) is 43.1. The van der Waals surface area contributed by atoms with Crippen LogP contribution in [-0.4, -0.2) is 37.2 Å². The molecule has 0 aliphatic rings. The summed E-state index contributed by atoms with van der Waals surface area (Å²) in [7, 11) is 0. The van der Waals surface area contributed by atoms with Crippen LogP contribution in [0, 0.1) is 0 Å². The van der Waals surface area contributed by atoms with E-state index in [0.29, 0.717) is 19.3 Å². The van der Waals surface area contributed by atoms with E-state index in [9.17, 15) is 14.4 Å². The van der Waals surface area contributed by atoms with E-state index in [-0.39, 0.29) is 31.1 Å². The van der Waals surface area contributed by atoms with E-state index in [1.165, 1.54) is 57.8 Å². The Labute approximate surface area is 412 Å². The first-order chi connectivity index (χ1) is 33.0. The minimum Gasteiger partial charge on any atom is -0.462 e. The van der Waals surface area contributed by atoms with Gasteiger partial charge in [0.2, 0.25) is 0 Å². The Morgan fingerprint density at radius 2 is 0.582 bits per heavy atom. The van der Waals surface area contributed by atoms with Crippen LogP contribution in [0.15, 0.2) is 122 Å². The summed E-state index contributed by atoms with van der Waals surface area (Å²) in [5.41, 5.74) is 0. The van der Waals surface area contributed by atoms with Crippen molar-refractivity contribution in [1.29, 1.82) is 0 Å². The van der Waals surface area contributed by atoms with Gasteiger partial charge in [0, 0.05) is 19.3 Å². The molecule has 0 radical (unpaired) electrons. The molecule has 0 aliphatic carbocycles. The van der Waals surface area contributed by atoms with Crippen molar-refractivity contribution in [1.82, 2.24) is 0 Å². The minimum absolute atomic E-state index is 0.0979. The Bertz CT molecular complexity index is 1440. The first-order valence-corrected chi connectivity index (χ1v) is 27.0. The number of hydrogen-bond donors (Lipinski definition) is 0. The van der Waals surface area contributed by atoms with Crippen molar-refractivity contribution < 1.29 is 28.6 Å². The molecular weight excluding hydrogens is 829 g/mol. The number of esters is 3. The maximum absolute atomic E-state index is 12.8. The average molecular weight is 927 g/mol. The van der Waals surface area contributed by atoms with E-state index in [4.69, 9.17) is 14.2 Å². The number of allylic oxidation sites excluding steroid dienone is 20. The molecule has 0 saturated carbocycles. The van der Waals surface area contributed by atoms with E-state index in [2.05, 4.69) is 142 Å². The first kappa shape index (κ1) is 62.8. The van der Waals surface area contributed by atoms with Crippen molar-refractivity contribution in [3.8, 4) is 0 Å². The maximum atomic E-state index is 12.8. The lowest BCUT2D eigenvalue weighted by Gasteiger charge is -2.18. The van der Waals surface area contributed by atoms with E-state index >= 15 is 0 Å². The zero-order chi connectivity index (χ0) is 48.6. The molecule has 1 atom stereocenters. The molecular formula is C61H98O6. The van der Waals surface area contributed by atoms with Crippen LogP contribution in [0.5, 0.6) is 0 Å². The van der Waals surface area contributed by atoms with Gasteiger partial charge in [-0.3, -0.25) is 14.4 Å². The first-order valence-electron chi connectivity index (χ1n) is 27.0. The molecule has 6 nitrogen and oxygen atoms in total. The molecule has 0 rings (SSSR count). The molecule has 0 spiro atoms. The molecule has 0 aromatic rings. The molecule has 0 saturated heterocycles. The molecule has 378 valence electrons. The predicted molar refractivity (Wildman–Crippen MR) is 288 cm³/mol. The van der Waals surface area contributed by atoms with Crippen molar-refractivity contribution >= 4 is 17.9 Å². The summed E-state index contributed by atoms with van der Waals surface area (Å²) in [5, 5.41) is 0. The fourth-order valence-electron chi connectivity index (χ4n) is 6.96. The van der Waals surface area contributed by atoms with Gasteiger partial charge in [-0.25, -0.2) is 0 Å². The van der Waals surface area contributed by atoms with Crippen LogP contribution in [0.4, 0.5) is 0 Å². The number of rotatable bonds is 47. The highest BCUT2D eigenvalue weighted by Crippen LogP contribution is 2.14. The summed E-state index contributed by atoms with van der Waals surface area (Å²) >= 11 is 0. The number of hydrogen-bond acceptors (Lipinski definition) is 6. The topological polar surface area (TPSA) is 78.9 Å². The second-order valence-electron chi connectivity index (χ2n) is 17.4. The number of carbonyl (C=O) groups is 3. The second kappa shape index (κ2) is 54.4. The smallest absolute Gasteiger partial charge is 0.306 e. The van der Waals surface area contributed by atoms with Gasteiger partial charge in [-0.15, -0.1) is 0 Å². The molecule has 0 bridgehead atoms. The van der Waals surface area contributed by atoms with Crippen LogP contribution in [0.1, 0.15) is 226 Å². The summed E-state index contributed by atoms with van der Waals surface area (Å²) in [4.78, 5) is 37.9. The average Bonchev–Trinajstić information content (AvgIpc) is 3.33. The van der Waals surface area contributed by atoms with Crippen molar-refractivity contribution in [2.24, 2.45) is 0 Å². The largest absolute Gasteiger partial charge is 0.462 e. The van der Waals surface area contributed by atoms with Gasteiger partial charge < -0.3 is 14.2 Å². The molecule has 0 N–H and O–H groups in total. The summed E-state index contributed by atoms with van der Waals surface area (Å²) < 4.78 is 16.7. The minimum atomic E-state index is -0.801. The quantitative estimate of drug-likeness (QED) is 0.0262.